The van der Waals surface area contributed by atoms with Gasteiger partial charge in [-0.15, -0.1) is 0 Å². The number of rotatable bonds is 10. The van der Waals surface area contributed by atoms with E-state index in [1.165, 1.54) is 66.5 Å². The number of anilines is 4. The number of hydrogen-bond acceptors (Lipinski definition) is 4. The minimum absolute atomic E-state index is 0.000814. The summed E-state index contributed by atoms with van der Waals surface area (Å²) in [5, 5.41) is 2.38. The molecule has 0 saturated carbocycles. The second kappa shape index (κ2) is 18.7. The molecule has 0 amide bonds. The van der Waals surface area contributed by atoms with Crippen molar-refractivity contribution < 1.29 is 4.74 Å². The molecule has 378 valence electrons. The van der Waals surface area contributed by atoms with Crippen LogP contribution in [0, 0.1) is 0 Å². The molecule has 3 heterocycles. The van der Waals surface area contributed by atoms with Crippen LogP contribution in [0.4, 0.5) is 22.7 Å². The van der Waals surface area contributed by atoms with E-state index in [0.29, 0.717) is 18.5 Å². The van der Waals surface area contributed by atoms with E-state index >= 15 is 0 Å². The van der Waals surface area contributed by atoms with Gasteiger partial charge in [0.2, 0.25) is 0 Å². The Hall–Kier alpha value is -7.11. The zero-order valence-corrected chi connectivity index (χ0v) is 46.6. The number of ether oxygens (including phenoxy) is 1. The highest BCUT2D eigenvalue weighted by atomic mass is 16.5. The summed E-state index contributed by atoms with van der Waals surface area (Å²) in [5.74, 6) is 3.23. The van der Waals surface area contributed by atoms with E-state index in [9.17, 15) is 0 Å². The van der Waals surface area contributed by atoms with Crippen molar-refractivity contribution >= 4 is 44.6 Å². The Morgan fingerprint density at radius 2 is 1.08 bits per heavy atom. The minimum atomic E-state index is -0.198. The summed E-state index contributed by atoms with van der Waals surface area (Å²) in [5.41, 5.74) is 18.1. The number of hydrogen-bond donors (Lipinski definition) is 0. The molecule has 9 aromatic rings. The molecule has 2 aromatic heterocycles. The van der Waals surface area contributed by atoms with E-state index in [1.54, 1.807) is 0 Å². The summed E-state index contributed by atoms with van der Waals surface area (Å²) >= 11 is 0. The van der Waals surface area contributed by atoms with Crippen molar-refractivity contribution in [3.05, 3.63) is 203 Å². The van der Waals surface area contributed by atoms with Crippen LogP contribution in [0.2, 0.25) is 0 Å². The molecule has 0 N–H and O–H groups in total. The summed E-state index contributed by atoms with van der Waals surface area (Å²) in [4.78, 5) is 10.0. The lowest BCUT2D eigenvalue weighted by atomic mass is 9.78. The average Bonchev–Trinajstić information content (AvgIpc) is 3.91. The van der Waals surface area contributed by atoms with Crippen molar-refractivity contribution in [2.75, 3.05) is 16.5 Å². The summed E-state index contributed by atoms with van der Waals surface area (Å²) in [6.07, 6.45) is 1.95. The quantitative estimate of drug-likeness (QED) is 0.137. The van der Waals surface area contributed by atoms with Crippen molar-refractivity contribution in [3.8, 4) is 28.4 Å². The Bertz CT molecular complexity index is 3530. The van der Waals surface area contributed by atoms with E-state index in [4.69, 9.17) is 9.72 Å². The minimum Gasteiger partial charge on any atom is -0.457 e. The molecule has 0 bridgehead atoms. The maximum absolute atomic E-state index is 7.13. The standard InChI is InChI=1S/C69H76N4O/c1-44(2)56-25-20-26-57(45(3)4)65(56)46-27-31-61-63(35-46)71(52-24-19-23-50(36-52)69(14,15)47-21-17-16-18-22-47)43-72(61)53-37-51(68(11,12)13)38-55(41-53)74-54-29-30-58-59-39-48(66(5,6)7)28-32-60(59)73(62(58)42-54)64-40-49(33-34-70-64)67(8,9)10/h16-42,44-45H,43H2,1-15H3. The van der Waals surface area contributed by atoms with Gasteiger partial charge in [-0.3, -0.25) is 4.57 Å². The molecule has 5 heteroatoms. The molecule has 0 radical (unpaired) electrons. The number of benzene rings is 7. The van der Waals surface area contributed by atoms with Gasteiger partial charge in [-0.25, -0.2) is 4.98 Å². The molecule has 7 aromatic carbocycles. The van der Waals surface area contributed by atoms with Gasteiger partial charge in [0.05, 0.1) is 22.4 Å². The Morgan fingerprint density at radius 3 is 1.76 bits per heavy atom. The molecule has 0 aliphatic carbocycles. The summed E-state index contributed by atoms with van der Waals surface area (Å²) in [7, 11) is 0. The molecule has 5 nitrogen and oxygen atoms in total. The Balaban J connectivity index is 1.11. The topological polar surface area (TPSA) is 33.5 Å². The van der Waals surface area contributed by atoms with Crippen LogP contribution < -0.4 is 14.5 Å². The lowest BCUT2D eigenvalue weighted by molar-refractivity contribution is 0.479. The van der Waals surface area contributed by atoms with E-state index in [2.05, 4.69) is 276 Å². The third kappa shape index (κ3) is 9.40. The predicted octanol–water partition coefficient (Wildman–Crippen LogP) is 19.4. The first kappa shape index (κ1) is 50.4. The second-order valence-corrected chi connectivity index (χ2v) is 25.1. The molecule has 1 aliphatic heterocycles. The molecule has 0 saturated heterocycles. The van der Waals surface area contributed by atoms with Crippen molar-refractivity contribution in [1.29, 1.82) is 0 Å². The highest BCUT2D eigenvalue weighted by molar-refractivity contribution is 6.10. The van der Waals surface area contributed by atoms with E-state index in [1.807, 2.05) is 6.20 Å². The molecular formula is C69H76N4O. The van der Waals surface area contributed by atoms with Crippen LogP contribution in [0.3, 0.4) is 0 Å². The number of fused-ring (bicyclic) bond motifs is 4. The zero-order valence-electron chi connectivity index (χ0n) is 46.6. The fourth-order valence-electron chi connectivity index (χ4n) is 11.0. The van der Waals surface area contributed by atoms with Crippen LogP contribution in [0.5, 0.6) is 11.5 Å². The van der Waals surface area contributed by atoms with Gasteiger partial charge in [0.1, 0.15) is 24.0 Å². The normalized spacial score (nSPS) is 13.5. The fourth-order valence-corrected chi connectivity index (χ4v) is 11.0. The van der Waals surface area contributed by atoms with Gasteiger partial charge in [-0.05, 0) is 151 Å². The fraction of sp³-hybridized carbons (Fsp3) is 0.319. The maximum Gasteiger partial charge on any atom is 0.137 e. The van der Waals surface area contributed by atoms with E-state index in [-0.39, 0.29) is 21.7 Å². The molecule has 0 unspecified atom stereocenters. The van der Waals surface area contributed by atoms with Gasteiger partial charge in [-0.1, -0.05) is 177 Å². The first-order chi connectivity index (χ1) is 35.0. The second-order valence-electron chi connectivity index (χ2n) is 25.1. The largest absolute Gasteiger partial charge is 0.457 e. The summed E-state index contributed by atoms with van der Waals surface area (Å²) < 4.78 is 9.45. The monoisotopic (exact) mass is 977 g/mol. The SMILES string of the molecule is CC(C)c1cccc(C(C)C)c1-c1ccc2c(c1)N(c1cccc(C(C)(C)c3ccccc3)c1)CN2c1cc(Oc2ccc3c4cc(C(C)(C)C)ccc4n(-c4cc(C(C)(C)C)ccn4)c3c2)cc(C(C)(C)C)c1. The van der Waals surface area contributed by atoms with Crippen molar-refractivity contribution in [3.63, 3.8) is 0 Å². The van der Waals surface area contributed by atoms with Gasteiger partial charge in [0.15, 0.2) is 0 Å². The van der Waals surface area contributed by atoms with Crippen molar-refractivity contribution in [2.24, 2.45) is 0 Å². The molecular weight excluding hydrogens is 901 g/mol. The number of pyridine rings is 1. The highest BCUT2D eigenvalue weighted by Gasteiger charge is 2.33. The Labute approximate surface area is 441 Å². The van der Waals surface area contributed by atoms with Crippen molar-refractivity contribution in [2.45, 2.75) is 137 Å². The molecule has 0 fully saturated rings. The predicted molar refractivity (Wildman–Crippen MR) is 315 cm³/mol. The van der Waals surface area contributed by atoms with Gasteiger partial charge < -0.3 is 14.5 Å². The Kier molecular flexibility index (Phi) is 12.7. The van der Waals surface area contributed by atoms with Gasteiger partial charge in [0.25, 0.3) is 0 Å². The summed E-state index contributed by atoms with van der Waals surface area (Å²) in [6, 6.07) is 58.8. The maximum atomic E-state index is 7.13. The lowest BCUT2D eigenvalue weighted by Crippen LogP contribution is -2.25. The number of nitrogens with zero attached hydrogens (tertiary/aromatic N) is 4. The smallest absolute Gasteiger partial charge is 0.137 e. The lowest BCUT2D eigenvalue weighted by Gasteiger charge is -2.29. The third-order valence-electron chi connectivity index (χ3n) is 15.6. The molecule has 74 heavy (non-hydrogen) atoms. The average molecular weight is 977 g/mol. The molecule has 0 atom stereocenters. The highest BCUT2D eigenvalue weighted by Crippen LogP contribution is 2.50. The number of aromatic nitrogens is 2. The third-order valence-corrected chi connectivity index (χ3v) is 15.6. The van der Waals surface area contributed by atoms with Crippen LogP contribution in [0.1, 0.15) is 155 Å². The Morgan fingerprint density at radius 1 is 0.446 bits per heavy atom. The first-order valence-corrected chi connectivity index (χ1v) is 26.8. The van der Waals surface area contributed by atoms with Crippen LogP contribution in [0.15, 0.2) is 164 Å². The van der Waals surface area contributed by atoms with Gasteiger partial charge >= 0.3 is 0 Å². The van der Waals surface area contributed by atoms with Crippen molar-refractivity contribution in [1.82, 2.24) is 9.55 Å². The van der Waals surface area contributed by atoms with Gasteiger partial charge in [-0.2, -0.15) is 0 Å². The van der Waals surface area contributed by atoms with Crippen LogP contribution >= 0.6 is 0 Å². The zero-order chi connectivity index (χ0) is 52.6. The van der Waals surface area contributed by atoms with Crippen LogP contribution in [0.25, 0.3) is 38.8 Å². The van der Waals surface area contributed by atoms with Crippen LogP contribution in [-0.2, 0) is 21.7 Å². The van der Waals surface area contributed by atoms with E-state index in [0.717, 1.165) is 45.4 Å². The van der Waals surface area contributed by atoms with Gasteiger partial charge in [0, 0.05) is 45.9 Å². The first-order valence-electron chi connectivity index (χ1n) is 26.8. The molecule has 10 rings (SSSR count). The molecule has 0 spiro atoms. The van der Waals surface area contributed by atoms with Crippen LogP contribution in [-0.4, -0.2) is 16.2 Å². The van der Waals surface area contributed by atoms with E-state index < -0.39 is 0 Å². The molecule has 1 aliphatic rings. The summed E-state index contributed by atoms with van der Waals surface area (Å²) in [6.45, 7) is 35.1.